The Kier molecular flexibility index (Phi) is 32.7. The van der Waals surface area contributed by atoms with Crippen molar-refractivity contribution in [2.24, 2.45) is 81.3 Å². The number of methoxy groups -OCH3 is 3. The standard InChI is InChI=1S/C35H44N3O7.C33H40F2N3O7.C32H38F2N3O7.3V/c1-4-22-29(17-39)38-16-31(22)45-33-27(36-26-11-10-21(42-3)14-28(26)37-33)9-7-5-6-8-23-24-12-20(24)13-30(23)44-32(40)15-25(34(38)41)35(2)18-43-19-35;1-5-21-25(16-39)38-15-26(21)44-29-28(36-23-10-9-20(42-4)12-24(23)37-29)33(34,35)11-7-6-8-19-14-32(19,3)45-27(40)13-22(30(38)41)31(2)17-43-18-31;1-4-20-24(15-38)37-14-26(20)44-29-28(35-22-9-8-19(41-3)12-23(22)36-29)32(33,34)10-6-5-7-18-11-25(18)43-27(39)13-21(30(37)40)31(2)16-42-17-31;;;/h10-11,14,20,22-25,29-31H,4-9,12-13,15-16,18-19H2,1-3H3;9-10,12,19,21-22,25-26H,5-8,11,13-15,17-18H2,1-4H3;8-9,12,18,20-21,24-26H,4-7,10-11,13-14,16-17H2,1-3H3;;;/q3*-1;;;/t20?,22-,23+,24?,25+,29+,30+,31-;19-,21+,22-,25-,26+,32-;18-,20+,21-,24-,25-,26+;;;/m011.../s1. The topological polar surface area (TPSA) is 351 Å². The summed E-state index contributed by atoms with van der Waals surface area (Å²) in [7, 11) is 4.60. The van der Waals surface area contributed by atoms with Crippen LogP contribution in [0.3, 0.4) is 0 Å². The summed E-state index contributed by atoms with van der Waals surface area (Å²) < 4.78 is 133. The number of aryl methyl sites for hydroxylation is 1. The number of fused-ring (bicyclic) bond motifs is 17. The van der Waals surface area contributed by atoms with Gasteiger partial charge in [0, 0.05) is 109 Å². The summed E-state index contributed by atoms with van der Waals surface area (Å²) in [5, 5.41) is 0. The third-order valence-corrected chi connectivity index (χ3v) is 31.3. The third kappa shape index (κ3) is 21.7. The number of rotatable bonds is 12. The first-order valence-corrected chi connectivity index (χ1v) is 48.0. The maximum Gasteiger partial charge on any atom is 0.307 e. The molecule has 739 valence electrons. The molecule has 3 aromatic heterocycles. The van der Waals surface area contributed by atoms with Crippen molar-refractivity contribution in [1.82, 2.24) is 44.6 Å². The zero-order chi connectivity index (χ0) is 94.7. The molecule has 6 saturated heterocycles. The van der Waals surface area contributed by atoms with Crippen molar-refractivity contribution in [2.75, 3.05) is 80.6 Å². The number of alkyl halides is 4. The minimum atomic E-state index is -3.36. The van der Waals surface area contributed by atoms with E-state index in [0.717, 1.165) is 43.3 Å². The first-order chi connectivity index (χ1) is 64.3. The Morgan fingerprint density at radius 2 is 0.803 bits per heavy atom. The van der Waals surface area contributed by atoms with Gasteiger partial charge in [-0.05, 0) is 155 Å². The Morgan fingerprint density at radius 3 is 1.21 bits per heavy atom. The molecule has 3 radical (unpaired) electrons. The van der Waals surface area contributed by atoms with Crippen molar-refractivity contribution in [3.05, 3.63) is 71.7 Å². The van der Waals surface area contributed by atoms with Crippen LogP contribution in [0.2, 0.25) is 0 Å². The predicted molar refractivity (Wildman–Crippen MR) is 475 cm³/mol. The Hall–Kier alpha value is -8.34. The molecule has 4 aliphatic carbocycles. The summed E-state index contributed by atoms with van der Waals surface area (Å²) in [4.78, 5) is 152. The number of hydrogen-bond donors (Lipinski definition) is 0. The molecule has 9 aliphatic heterocycles. The molecule has 0 N–H and O–H groups in total. The molecule has 0 spiro atoms. The molecule has 30 nitrogen and oxygen atoms in total. The van der Waals surface area contributed by atoms with Gasteiger partial charge >= 0.3 is 17.9 Å². The Labute approximate surface area is 830 Å². The van der Waals surface area contributed by atoms with Gasteiger partial charge < -0.3 is 85.9 Å². The van der Waals surface area contributed by atoms with Gasteiger partial charge in [0.15, 0.2) is 11.4 Å². The van der Waals surface area contributed by atoms with E-state index in [4.69, 9.17) is 66.8 Å². The van der Waals surface area contributed by atoms with Crippen LogP contribution in [-0.4, -0.2) is 234 Å². The summed E-state index contributed by atoms with van der Waals surface area (Å²) in [6.07, 6.45) is 14.8. The molecule has 137 heavy (non-hydrogen) atoms. The van der Waals surface area contributed by atoms with Gasteiger partial charge in [-0.15, -0.1) is 0 Å². The van der Waals surface area contributed by atoms with Crippen LogP contribution >= 0.6 is 0 Å². The fourth-order valence-corrected chi connectivity index (χ4v) is 22.6. The predicted octanol–water partition coefficient (Wildman–Crippen LogP) is 13.6. The molecule has 6 bridgehead atoms. The quantitative estimate of drug-likeness (QED) is 0.0475. The number of halogens is 4. The molecule has 20 atom stereocenters. The number of hydrogen-bond acceptors (Lipinski definition) is 27. The average Bonchev–Trinajstić information content (AvgIpc) is 1.60. The minimum Gasteiger partial charge on any atom is -0.540 e. The summed E-state index contributed by atoms with van der Waals surface area (Å²) in [6, 6.07) is 12.4. The molecule has 3 amide bonds. The van der Waals surface area contributed by atoms with Crippen molar-refractivity contribution in [3.63, 3.8) is 0 Å². The monoisotopic (exact) mass is 2010 g/mol. The van der Waals surface area contributed by atoms with Gasteiger partial charge in [-0.1, -0.05) is 105 Å². The number of nitrogens with zero attached hydrogens (tertiary/aromatic N) is 9. The molecule has 6 aromatic rings. The second kappa shape index (κ2) is 42.8. The largest absolute Gasteiger partial charge is 0.540 e. The van der Waals surface area contributed by atoms with Crippen LogP contribution in [0, 0.1) is 81.3 Å². The molecule has 10 fully saturated rings. The first-order valence-electron chi connectivity index (χ1n) is 48.0. The Balaban J connectivity index is 0.000000162. The van der Waals surface area contributed by atoms with Gasteiger partial charge in [0.2, 0.25) is 35.4 Å². The van der Waals surface area contributed by atoms with Crippen molar-refractivity contribution in [1.29, 1.82) is 0 Å². The zero-order valence-corrected chi connectivity index (χ0v) is 83.4. The number of ether oxygens (including phenoxy) is 12. The smallest absolute Gasteiger partial charge is 0.307 e. The van der Waals surface area contributed by atoms with Gasteiger partial charge in [0.05, 0.1) is 151 Å². The van der Waals surface area contributed by atoms with Crippen LogP contribution < -0.4 is 28.4 Å². The van der Waals surface area contributed by atoms with Crippen LogP contribution in [0.1, 0.15) is 207 Å². The molecule has 2 unspecified atom stereocenters. The number of carbonyl (C=O) groups is 6. The number of esters is 3. The summed E-state index contributed by atoms with van der Waals surface area (Å²) in [5.74, 6) is -9.46. The van der Waals surface area contributed by atoms with Crippen molar-refractivity contribution < 1.29 is 173 Å². The fourth-order valence-electron chi connectivity index (χ4n) is 22.6. The van der Waals surface area contributed by atoms with Crippen LogP contribution in [0.4, 0.5) is 17.6 Å². The van der Waals surface area contributed by atoms with Gasteiger partial charge in [0.1, 0.15) is 59.1 Å². The Morgan fingerprint density at radius 1 is 0.416 bits per heavy atom. The summed E-state index contributed by atoms with van der Waals surface area (Å²) in [6.45, 7) is 15.2. The summed E-state index contributed by atoms with van der Waals surface area (Å²) >= 11 is 0. The van der Waals surface area contributed by atoms with Crippen molar-refractivity contribution >= 4 is 87.6 Å². The van der Waals surface area contributed by atoms with E-state index in [1.807, 2.05) is 79.2 Å². The van der Waals surface area contributed by atoms with Crippen LogP contribution in [-0.2, 0) is 146 Å². The first kappa shape index (κ1) is 104. The van der Waals surface area contributed by atoms with Crippen molar-refractivity contribution in [3.8, 4) is 34.9 Å². The van der Waals surface area contributed by atoms with Gasteiger partial charge in [-0.3, -0.25) is 28.8 Å². The van der Waals surface area contributed by atoms with Crippen LogP contribution in [0.5, 0.6) is 34.9 Å². The Bertz CT molecular complexity index is 5430. The minimum absolute atomic E-state index is 0. The maximum absolute atomic E-state index is 16.0. The van der Waals surface area contributed by atoms with E-state index in [9.17, 15) is 43.2 Å². The second-order valence-corrected chi connectivity index (χ2v) is 40.6. The molecular weight excluding hydrogens is 1890 g/mol. The maximum atomic E-state index is 16.0. The molecule has 13 aliphatic rings. The van der Waals surface area contributed by atoms with E-state index in [1.54, 1.807) is 48.4 Å². The summed E-state index contributed by atoms with van der Waals surface area (Å²) in [5.41, 5.74) is -0.222. The SMILES string of the molecule is CC[C@@H]1[C@@H]2CN(C(=O)[C@H](C3(C)COC3)CC(=O)O[C@@H]3CC4CC4[C@H]3CCCCCc3nc4ccc(OC)cc4nc3O2)[C@@H]1[C-]=O.CC[C@@H]1[C@@H]2CN(C(=O)[C@H](C3(C)COC3)CC(=O)O[C@@H]3C[C@H]3CCCCC(F)(F)c3nc4ccc(OC)cc4nc3O2)[C@@H]1[C-]=O.CC[C@@H]1[C@@H]2CN(C(=O)[C@H](C3(C)COC3)CC(=O)O[C@]3(C)C[C@H]3CCCCC(F)(F)c3nc4ccc(OC)cc4nc3O2)[C@@H]1[C-]=O.[V].[V].[V]. The van der Waals surface area contributed by atoms with E-state index in [2.05, 4.69) is 26.2 Å². The number of amides is 3. The molecule has 19 rings (SSSR count). The fraction of sp³-hybridized carbons (Fsp3) is 0.670. The number of aromatic nitrogens is 6. The second-order valence-electron chi connectivity index (χ2n) is 40.6. The van der Waals surface area contributed by atoms with Gasteiger partial charge in [0.25, 0.3) is 11.8 Å². The van der Waals surface area contributed by atoms with E-state index in [0.29, 0.717) is 135 Å². The molecule has 3 aromatic carbocycles. The van der Waals surface area contributed by atoms with E-state index >= 15 is 17.6 Å². The van der Waals surface area contributed by atoms with E-state index in [-0.39, 0.29) is 198 Å². The van der Waals surface area contributed by atoms with Crippen molar-refractivity contribution in [2.45, 2.75) is 262 Å². The van der Waals surface area contributed by atoms with Gasteiger partial charge in [-0.2, -0.15) is 17.6 Å². The number of carbonyl (C=O) groups excluding carboxylic acids is 9. The zero-order valence-electron chi connectivity index (χ0n) is 79.2. The molecule has 37 heteroatoms. The molecule has 12 heterocycles. The van der Waals surface area contributed by atoms with E-state index < -0.39 is 148 Å². The number of benzene rings is 3. The molecule has 4 saturated carbocycles. The van der Waals surface area contributed by atoms with Crippen LogP contribution in [0.15, 0.2) is 54.6 Å². The third-order valence-electron chi connectivity index (χ3n) is 31.3. The molecular formula is C100H122F4N9O21V3-3. The van der Waals surface area contributed by atoms with Crippen LogP contribution in [0.25, 0.3) is 33.1 Å². The van der Waals surface area contributed by atoms with E-state index in [1.165, 1.54) is 30.4 Å². The normalized spacial score (nSPS) is 32.5. The van der Waals surface area contributed by atoms with Gasteiger partial charge in [-0.25, -0.2) is 48.8 Å². The average molecular weight is 2010 g/mol.